The molecule has 4 heteroatoms. The Bertz CT molecular complexity index is 3730. The van der Waals surface area contributed by atoms with Crippen molar-refractivity contribution in [1.29, 1.82) is 0 Å². The molecule has 10 aromatic carbocycles. The van der Waals surface area contributed by atoms with Gasteiger partial charge in [-0.1, -0.05) is 140 Å². The van der Waals surface area contributed by atoms with Crippen molar-refractivity contribution in [2.45, 2.75) is 0 Å². The first-order valence-electron chi connectivity index (χ1n) is 22.0. The number of benzene rings is 10. The summed E-state index contributed by atoms with van der Waals surface area (Å²) in [5, 5.41) is 7.22. The maximum atomic E-state index is 8.19. The summed E-state index contributed by atoms with van der Waals surface area (Å²) in [6.07, 6.45) is 0. The summed E-state index contributed by atoms with van der Waals surface area (Å²) in [7, 11) is 0. The van der Waals surface area contributed by atoms with Gasteiger partial charge in [0.2, 0.25) is 0 Å². The van der Waals surface area contributed by atoms with Crippen molar-refractivity contribution in [3.63, 3.8) is 0 Å². The van der Waals surface area contributed by atoms with E-state index in [0.29, 0.717) is 5.69 Å². The van der Waals surface area contributed by atoms with E-state index in [1.54, 1.807) is 0 Å². The normalized spacial score (nSPS) is 11.7. The topological polar surface area (TPSA) is 19.1 Å². The van der Waals surface area contributed by atoms with Crippen LogP contribution in [0.4, 0.5) is 5.69 Å². The van der Waals surface area contributed by atoms with Crippen molar-refractivity contribution in [3.8, 4) is 50.4 Å². The first kappa shape index (κ1) is 36.7. The lowest BCUT2D eigenvalue weighted by Gasteiger charge is -2.17. The molecule has 0 amide bonds. The third-order valence-corrected chi connectivity index (χ3v) is 13.2. The van der Waals surface area contributed by atoms with Crippen LogP contribution in [0.25, 0.3) is 121 Å². The molecule has 0 saturated carbocycles. The van der Waals surface area contributed by atoms with Crippen LogP contribution in [0.2, 0.25) is 0 Å². The van der Waals surface area contributed by atoms with Crippen LogP contribution in [0.1, 0.15) is 0 Å². The molecule has 0 bridgehead atoms. The molecule has 4 nitrogen and oxygen atoms in total. The molecular weight excluding hydrogens is 789 g/mol. The highest BCUT2D eigenvalue weighted by atomic mass is 15.0. The van der Waals surface area contributed by atoms with Gasteiger partial charge in [-0.15, -0.1) is 0 Å². The van der Waals surface area contributed by atoms with Crippen LogP contribution >= 0.6 is 0 Å². The molecule has 0 spiro atoms. The van der Waals surface area contributed by atoms with E-state index < -0.39 is 0 Å². The summed E-state index contributed by atoms with van der Waals surface area (Å²) in [4.78, 5) is 3.98. The zero-order valence-electron chi connectivity index (χ0n) is 35.2. The Morgan fingerprint density at radius 3 is 1.09 bits per heavy atom. The summed E-state index contributed by atoms with van der Waals surface area (Å²) in [5.41, 5.74) is 17.2. The fourth-order valence-corrected chi connectivity index (χ4v) is 10.3. The van der Waals surface area contributed by atoms with Gasteiger partial charge in [-0.05, 0) is 124 Å². The van der Waals surface area contributed by atoms with Gasteiger partial charge in [0.15, 0.2) is 5.69 Å². The van der Waals surface area contributed by atoms with Gasteiger partial charge in [0.05, 0.1) is 45.4 Å². The van der Waals surface area contributed by atoms with Gasteiger partial charge in [0, 0.05) is 43.7 Å². The Kier molecular flexibility index (Phi) is 8.24. The van der Waals surface area contributed by atoms with E-state index in [4.69, 9.17) is 6.57 Å². The lowest BCUT2D eigenvalue weighted by molar-refractivity contribution is 1.16. The quantitative estimate of drug-likeness (QED) is 0.149. The molecule has 13 rings (SSSR count). The number of para-hydroxylation sites is 4. The predicted molar refractivity (Wildman–Crippen MR) is 272 cm³/mol. The van der Waals surface area contributed by atoms with Crippen molar-refractivity contribution in [1.82, 2.24) is 13.7 Å². The molecule has 0 fully saturated rings. The van der Waals surface area contributed by atoms with Crippen LogP contribution < -0.4 is 0 Å². The molecule has 0 aliphatic heterocycles. The number of rotatable bonds is 6. The van der Waals surface area contributed by atoms with E-state index in [1.807, 2.05) is 6.07 Å². The first-order chi connectivity index (χ1) is 32.2. The van der Waals surface area contributed by atoms with Crippen LogP contribution in [0.15, 0.2) is 231 Å². The number of hydrogen-bond acceptors (Lipinski definition) is 0. The standard InChI is InChI=1S/C61H38N4/c1-62-45-28-31-59(52(37-45)44-35-42(40-16-4-2-5-17-40)34-43(36-44)41-18-6-3-7-19-41)65-60-32-29-46(63-55-24-12-8-20-48(55)49-21-9-13-25-56(49)63)38-53(60)54-39-47(30-33-61(54)65)64-57-26-14-10-22-50(57)51-23-11-15-27-58(51)64/h2-39H. The Hall–Kier alpha value is -8.91. The highest BCUT2D eigenvalue weighted by molar-refractivity contribution is 6.14. The molecule has 0 aliphatic rings. The van der Waals surface area contributed by atoms with E-state index in [9.17, 15) is 0 Å². The molecule has 0 unspecified atom stereocenters. The van der Waals surface area contributed by atoms with Crippen molar-refractivity contribution >= 4 is 71.1 Å². The second-order valence-corrected chi connectivity index (χ2v) is 16.8. The van der Waals surface area contributed by atoms with E-state index in [1.165, 1.54) is 43.6 Å². The minimum atomic E-state index is 0.596. The Morgan fingerprint density at radius 1 is 0.277 bits per heavy atom. The van der Waals surface area contributed by atoms with Gasteiger partial charge in [-0.25, -0.2) is 4.85 Å². The van der Waals surface area contributed by atoms with Gasteiger partial charge in [0.25, 0.3) is 0 Å². The summed E-state index contributed by atoms with van der Waals surface area (Å²) in [5.74, 6) is 0. The minimum absolute atomic E-state index is 0.596. The molecular formula is C61H38N4. The summed E-state index contributed by atoms with van der Waals surface area (Å²) < 4.78 is 7.22. The summed E-state index contributed by atoms with van der Waals surface area (Å²) >= 11 is 0. The number of nitrogens with zero attached hydrogens (tertiary/aromatic N) is 4. The van der Waals surface area contributed by atoms with Crippen LogP contribution in [-0.4, -0.2) is 13.7 Å². The monoisotopic (exact) mass is 826 g/mol. The molecule has 3 heterocycles. The predicted octanol–water partition coefficient (Wildman–Crippen LogP) is 16.5. The Morgan fingerprint density at radius 2 is 0.662 bits per heavy atom. The molecule has 65 heavy (non-hydrogen) atoms. The van der Waals surface area contributed by atoms with Gasteiger partial charge >= 0.3 is 0 Å². The van der Waals surface area contributed by atoms with Crippen molar-refractivity contribution in [3.05, 3.63) is 242 Å². The van der Waals surface area contributed by atoms with Crippen LogP contribution in [0, 0.1) is 6.57 Å². The smallest absolute Gasteiger partial charge is 0.188 e. The lowest BCUT2D eigenvalue weighted by atomic mass is 9.92. The van der Waals surface area contributed by atoms with Crippen molar-refractivity contribution < 1.29 is 0 Å². The number of aromatic nitrogens is 3. The average Bonchev–Trinajstić information content (AvgIpc) is 4.02. The Balaban J connectivity index is 1.11. The molecule has 0 aliphatic carbocycles. The summed E-state index contributed by atoms with van der Waals surface area (Å²) in [6.45, 7) is 8.19. The van der Waals surface area contributed by atoms with Crippen LogP contribution in [-0.2, 0) is 0 Å². The molecule has 0 N–H and O–H groups in total. The largest absolute Gasteiger partial charge is 0.309 e. The molecule has 0 saturated heterocycles. The fourth-order valence-electron chi connectivity index (χ4n) is 10.3. The highest BCUT2D eigenvalue weighted by Gasteiger charge is 2.21. The maximum absolute atomic E-state index is 8.19. The van der Waals surface area contributed by atoms with Crippen molar-refractivity contribution in [2.75, 3.05) is 0 Å². The third-order valence-electron chi connectivity index (χ3n) is 13.2. The molecule has 3 aromatic heterocycles. The average molecular weight is 827 g/mol. The molecule has 0 radical (unpaired) electrons. The van der Waals surface area contributed by atoms with Gasteiger partial charge < -0.3 is 13.7 Å². The lowest BCUT2D eigenvalue weighted by Crippen LogP contribution is -1.99. The van der Waals surface area contributed by atoms with Gasteiger partial charge in [0.1, 0.15) is 0 Å². The van der Waals surface area contributed by atoms with Crippen LogP contribution in [0.3, 0.4) is 0 Å². The van der Waals surface area contributed by atoms with Gasteiger partial charge in [-0.3, -0.25) is 0 Å². The van der Waals surface area contributed by atoms with E-state index in [0.717, 1.165) is 72.2 Å². The highest BCUT2D eigenvalue weighted by Crippen LogP contribution is 2.43. The molecule has 13 aromatic rings. The molecule has 0 atom stereocenters. The number of hydrogen-bond donors (Lipinski definition) is 0. The number of fused-ring (bicyclic) bond motifs is 9. The van der Waals surface area contributed by atoms with Gasteiger partial charge in [-0.2, -0.15) is 0 Å². The van der Waals surface area contributed by atoms with E-state index >= 15 is 0 Å². The second kappa shape index (κ2) is 14.6. The van der Waals surface area contributed by atoms with E-state index in [-0.39, 0.29) is 0 Å². The zero-order valence-corrected chi connectivity index (χ0v) is 35.2. The minimum Gasteiger partial charge on any atom is -0.309 e. The van der Waals surface area contributed by atoms with E-state index in [2.05, 4.69) is 243 Å². The molecule has 302 valence electrons. The first-order valence-corrected chi connectivity index (χ1v) is 22.0. The third kappa shape index (κ3) is 5.77. The maximum Gasteiger partial charge on any atom is 0.188 e. The summed E-state index contributed by atoms with van der Waals surface area (Å²) in [6, 6.07) is 82.8. The fraction of sp³-hybridized carbons (Fsp3) is 0. The van der Waals surface area contributed by atoms with Crippen molar-refractivity contribution in [2.24, 2.45) is 0 Å². The zero-order chi connectivity index (χ0) is 43.0. The van der Waals surface area contributed by atoms with Crippen LogP contribution in [0.5, 0.6) is 0 Å². The Labute approximate surface area is 375 Å². The second-order valence-electron chi connectivity index (χ2n) is 16.8. The SMILES string of the molecule is [C-]#[N+]c1ccc(-n2c3ccc(-n4c5ccccc5c5ccccc54)cc3c3cc(-n4c5ccccc5c5ccccc54)ccc32)c(-c2cc(-c3ccccc3)cc(-c3ccccc3)c2)c1.